The van der Waals surface area contributed by atoms with Crippen LogP contribution >= 0.6 is 0 Å². The minimum Gasteiger partial charge on any atom is -0.493 e. The van der Waals surface area contributed by atoms with Gasteiger partial charge in [0.2, 0.25) is 0 Å². The predicted molar refractivity (Wildman–Crippen MR) is 486 cm³/mol. The van der Waals surface area contributed by atoms with Crippen molar-refractivity contribution in [2.45, 2.75) is 229 Å². The van der Waals surface area contributed by atoms with E-state index in [1.54, 1.807) is 6.42 Å². The molecule has 6 saturated carbocycles. The van der Waals surface area contributed by atoms with Crippen molar-refractivity contribution in [1.29, 1.82) is 0 Å². The number of ether oxygens (including phenoxy) is 15. The van der Waals surface area contributed by atoms with Crippen LogP contribution in [0.15, 0.2) is 72.8 Å². The van der Waals surface area contributed by atoms with Gasteiger partial charge in [0.15, 0.2) is 0 Å². The first-order valence-electron chi connectivity index (χ1n) is 46.4. The number of rotatable bonds is 33. The monoisotopic (exact) mass is 1700 g/mol. The Balaban J connectivity index is 0.000000123. The minimum absolute atomic E-state index is 0.272. The van der Waals surface area contributed by atoms with Gasteiger partial charge in [-0.2, -0.15) is 0 Å². The maximum absolute atomic E-state index is 6.25. The third kappa shape index (κ3) is 23.9. The Bertz CT molecular complexity index is 3230. The fraction of sp³-hybridized carbons (Fsp3) is 0.804. The molecule has 0 N–H and O–H groups in total. The molecule has 6 aliphatic carbocycles. The van der Waals surface area contributed by atoms with Gasteiger partial charge in [-0.3, -0.25) is 0 Å². The van der Waals surface area contributed by atoms with E-state index in [9.17, 15) is 0 Å². The molecule has 644 valence electrons. The van der Waals surface area contributed by atoms with Crippen molar-refractivity contribution in [3.05, 3.63) is 83.9 Å². The molecule has 3 aromatic carbocycles. The summed E-state index contributed by atoms with van der Waals surface area (Å²) >= 11 is 0. The van der Waals surface area contributed by atoms with Crippen LogP contribution in [0.5, 0.6) is 17.2 Å². The third-order valence-corrected chi connectivity index (χ3v) is 38.5. The Kier molecular flexibility index (Phi) is 34.4. The van der Waals surface area contributed by atoms with E-state index in [4.69, 9.17) is 71.1 Å². The van der Waals surface area contributed by atoms with Crippen molar-refractivity contribution in [2.75, 3.05) is 152 Å². The number of hydrogen-bond donors (Lipinski definition) is 0. The molecule has 9 aliphatic heterocycles. The maximum atomic E-state index is 6.25. The first-order chi connectivity index (χ1) is 55.2. The summed E-state index contributed by atoms with van der Waals surface area (Å²) in [6.45, 7) is 36.0. The van der Waals surface area contributed by atoms with Crippen molar-refractivity contribution in [2.24, 2.45) is 85.2 Å². The Morgan fingerprint density at radius 1 is 0.342 bits per heavy atom. The van der Waals surface area contributed by atoms with Crippen LogP contribution in [0.4, 0.5) is 0 Å². The molecular formula is C92H158O15Si7. The van der Waals surface area contributed by atoms with Crippen molar-refractivity contribution < 1.29 is 71.1 Å². The van der Waals surface area contributed by atoms with Gasteiger partial charge in [-0.15, -0.1) is 0 Å². The number of hydrogen-bond acceptors (Lipinski definition) is 15. The molecule has 8 bridgehead atoms. The lowest BCUT2D eigenvalue weighted by Gasteiger charge is -2.42. The molecule has 15 aliphatic rings. The molecule has 0 amide bonds. The highest BCUT2D eigenvalue weighted by molar-refractivity contribution is 6.32. The van der Waals surface area contributed by atoms with Crippen LogP contribution in [0, 0.1) is 85.2 Å². The van der Waals surface area contributed by atoms with E-state index >= 15 is 0 Å². The van der Waals surface area contributed by atoms with Crippen LogP contribution < -0.4 is 19.4 Å². The summed E-state index contributed by atoms with van der Waals surface area (Å²) in [6.07, 6.45) is 27.4. The first kappa shape index (κ1) is 91.3. The summed E-state index contributed by atoms with van der Waals surface area (Å²) in [5.74, 6) is 10.5. The number of aryl methyl sites for hydroxylation is 1. The van der Waals surface area contributed by atoms with E-state index in [-0.39, 0.29) is 16.2 Å². The van der Waals surface area contributed by atoms with E-state index < -0.39 is 0 Å². The molecule has 9 saturated heterocycles. The number of benzene rings is 3. The lowest BCUT2D eigenvalue weighted by atomic mass is 9.84. The van der Waals surface area contributed by atoms with Crippen LogP contribution in [0.1, 0.15) is 175 Å². The molecule has 9 heterocycles. The van der Waals surface area contributed by atoms with Crippen molar-refractivity contribution in [3.63, 3.8) is 0 Å². The van der Waals surface area contributed by atoms with Crippen LogP contribution in [0.2, 0.25) is 28.2 Å². The van der Waals surface area contributed by atoms with E-state index in [0.717, 1.165) is 262 Å². The highest BCUT2D eigenvalue weighted by Gasteiger charge is 2.51. The zero-order valence-corrected chi connectivity index (χ0v) is 87.9. The molecule has 0 spiro atoms. The average molecular weight is 1700 g/mol. The van der Waals surface area contributed by atoms with Crippen LogP contribution in [-0.4, -0.2) is 248 Å². The van der Waals surface area contributed by atoms with Gasteiger partial charge in [-0.1, -0.05) is 126 Å². The van der Waals surface area contributed by atoms with E-state index in [2.05, 4.69) is 121 Å². The molecule has 16 unspecified atom stereocenters. The van der Waals surface area contributed by atoms with Crippen LogP contribution in [-0.2, 0) is 69.3 Å². The van der Waals surface area contributed by atoms with Gasteiger partial charge < -0.3 is 71.1 Å². The Morgan fingerprint density at radius 3 is 1.08 bits per heavy atom. The maximum Gasteiger partial charge on any atom is 0.119 e. The summed E-state index contributed by atoms with van der Waals surface area (Å²) in [4.78, 5) is 0. The first-order valence-corrected chi connectivity index (χ1v) is 54.9. The van der Waals surface area contributed by atoms with Crippen molar-refractivity contribution in [3.8, 4) is 17.2 Å². The van der Waals surface area contributed by atoms with Crippen LogP contribution in [0.25, 0.3) is 0 Å². The van der Waals surface area contributed by atoms with Crippen LogP contribution in [0.3, 0.4) is 0 Å². The second-order valence-electron chi connectivity index (χ2n) is 40.0. The minimum atomic E-state index is 0.272. The fourth-order valence-corrected chi connectivity index (χ4v) is 27.1. The molecule has 114 heavy (non-hydrogen) atoms. The molecule has 3 aromatic rings. The summed E-state index contributed by atoms with van der Waals surface area (Å²) in [5.41, 5.74) is 9.25. The lowest BCUT2D eigenvalue weighted by Crippen LogP contribution is -2.47. The molecule has 15 nitrogen and oxygen atoms in total. The molecule has 15 fully saturated rings. The van der Waals surface area contributed by atoms with Gasteiger partial charge in [0.1, 0.15) is 17.2 Å². The van der Waals surface area contributed by atoms with Crippen molar-refractivity contribution >= 4 is 76.9 Å². The predicted octanol–water partition coefficient (Wildman–Crippen LogP) is 8.81. The van der Waals surface area contributed by atoms with E-state index in [1.807, 2.05) is 0 Å². The average Bonchev–Trinajstić information content (AvgIpc) is 1.61. The zero-order chi connectivity index (χ0) is 80.4. The largest absolute Gasteiger partial charge is 0.493 e. The fourth-order valence-electron chi connectivity index (χ4n) is 20.8. The molecule has 0 aromatic heterocycles. The Hall–Kier alpha value is -1.90. The van der Waals surface area contributed by atoms with E-state index in [0.29, 0.717) is 52.0 Å². The Labute approximate surface area is 710 Å². The number of fused-ring (bicyclic) bond motifs is 8. The van der Waals surface area contributed by atoms with Crippen molar-refractivity contribution in [1.82, 2.24) is 0 Å². The summed E-state index contributed by atoms with van der Waals surface area (Å²) in [7, 11) is 9.07. The smallest absolute Gasteiger partial charge is 0.119 e. The van der Waals surface area contributed by atoms with Gasteiger partial charge in [0.25, 0.3) is 0 Å². The second-order valence-corrected chi connectivity index (χ2v) is 48.8. The van der Waals surface area contributed by atoms with Gasteiger partial charge in [-0.05, 0) is 210 Å². The van der Waals surface area contributed by atoms with Gasteiger partial charge >= 0.3 is 0 Å². The molecule has 16 atom stereocenters. The highest BCUT2D eigenvalue weighted by Crippen LogP contribution is 2.56. The third-order valence-electron chi connectivity index (χ3n) is 31.3. The Morgan fingerprint density at radius 2 is 0.737 bits per heavy atom. The summed E-state index contributed by atoms with van der Waals surface area (Å²) < 4.78 is 85.1. The standard InChI is InChI=1S/C14H26O2Si.C14H22O2Si.C13H24O3Si.2C13H24O2Si.C13H20O2Si.C12H18O2Si/c1-2-14(8-16-9-14)7-15-6-11-3-10-4-12(11)13(17)5-10;1-2-14(9-15-10-14)11-16-13-5-3-12(4-6-13)7-8-17;1-2-13(7-15-8-13)6-14-5-9-3-11-12(17)4-10(9)16-11;1-2-13(6-14-7-13)8-15-11-4-10-3-9(11)5-12(10)16;1-2-13(6-14-7-13)8-15-11-4-9-3-10(11)12(16)5-9;1-2-13(8-14-9-13)10-15-12-5-3-11(7-16)4-6-12;1-2-12(7-13-8-12)9-14-10-3-5-11(15)6-4-10/h10-13H,2-9H2,1,17H3;3-6H,2,7-11H2,1,17H3;9-12H,2-8H2,1,17H3;2*9-12H,2-8H2,1,16H3;3-6H,2,7-10H2,1,16H3;3-6H,2,7-9H2,1,15H3. The SMILES string of the molecule is CCC1(COC2CC3CC([SiH3])C2C3)COC1.CCC1(COC2CC3CC2CC3[SiH3])COC1.CCC1(COCC2CC3CC([SiH3])C2C3)COC1.CCC1(COCC2CC3OC2CC3[SiH3])COC1.CCC1(COc2ccc(CC[SiH3])cc2)COC1.CCC1(COc2ccc(C[SiH3])cc2)COC1.CCC1(COc2ccc([SiH3])cc2)COC1. The lowest BCUT2D eigenvalue weighted by molar-refractivity contribution is -0.164. The molecular weight excluding hydrogens is 1540 g/mol. The van der Waals surface area contributed by atoms with E-state index in [1.165, 1.54) is 186 Å². The molecule has 22 heteroatoms. The second kappa shape index (κ2) is 42.9. The normalized spacial score (nSPS) is 33.0. The van der Waals surface area contributed by atoms with Gasteiger partial charge in [0, 0.05) is 106 Å². The summed E-state index contributed by atoms with van der Waals surface area (Å²) in [5, 5.41) is 1.40. The highest BCUT2D eigenvalue weighted by atomic mass is 28.2. The van der Waals surface area contributed by atoms with Gasteiger partial charge in [0.05, 0.1) is 186 Å². The zero-order valence-electron chi connectivity index (χ0n) is 73.9. The molecule has 0 radical (unpaired) electrons. The summed E-state index contributed by atoms with van der Waals surface area (Å²) in [6, 6.07) is 28.0. The quantitative estimate of drug-likeness (QED) is 0.0537. The molecule has 18 rings (SSSR count). The van der Waals surface area contributed by atoms with Gasteiger partial charge in [-0.25, -0.2) is 0 Å². The topological polar surface area (TPSA) is 138 Å².